The van der Waals surface area contributed by atoms with Gasteiger partial charge in [-0.3, -0.25) is 0 Å². The Morgan fingerprint density at radius 2 is 1.71 bits per heavy atom. The molecule has 0 amide bonds. The van der Waals surface area contributed by atoms with Gasteiger partial charge < -0.3 is 0 Å². The number of rotatable bonds is 5. The maximum absolute atomic E-state index is 5.66. The van der Waals surface area contributed by atoms with Crippen LogP contribution in [0.1, 0.15) is 0 Å². The first-order valence-electron chi connectivity index (χ1n) is 5.46. The van der Waals surface area contributed by atoms with E-state index >= 15 is 0 Å². The molecular weight excluding hydrogens is 275 g/mol. The van der Waals surface area contributed by atoms with Gasteiger partial charge in [0.05, 0.1) is 0 Å². The van der Waals surface area contributed by atoms with Crippen LogP contribution in [-0.4, -0.2) is 21.6 Å². The van der Waals surface area contributed by atoms with Gasteiger partial charge in [0.1, 0.15) is 0 Å². The van der Waals surface area contributed by atoms with Gasteiger partial charge >= 0.3 is 108 Å². The molecule has 0 spiro atoms. The van der Waals surface area contributed by atoms with Gasteiger partial charge in [0.25, 0.3) is 0 Å². The first kappa shape index (κ1) is 12.0. The van der Waals surface area contributed by atoms with Gasteiger partial charge in [-0.15, -0.1) is 0 Å². The second kappa shape index (κ2) is 6.29. The van der Waals surface area contributed by atoms with Crippen molar-refractivity contribution in [1.29, 1.82) is 0 Å². The van der Waals surface area contributed by atoms with E-state index in [1.807, 2.05) is 18.2 Å². The van der Waals surface area contributed by atoms with Crippen LogP contribution in [0.4, 0.5) is 0 Å². The summed E-state index contributed by atoms with van der Waals surface area (Å²) in [5, 5.41) is 0. The molecule has 0 aliphatic carbocycles. The van der Waals surface area contributed by atoms with Crippen molar-refractivity contribution in [2.45, 2.75) is 0 Å². The van der Waals surface area contributed by atoms with E-state index in [4.69, 9.17) is 4.74 Å². The summed E-state index contributed by atoms with van der Waals surface area (Å²) in [6.45, 7) is 4.23. The van der Waals surface area contributed by atoms with E-state index < -0.39 is 0 Å². The van der Waals surface area contributed by atoms with E-state index in [9.17, 15) is 0 Å². The summed E-state index contributed by atoms with van der Waals surface area (Å²) in [6, 6.07) is 18.7. The summed E-state index contributed by atoms with van der Waals surface area (Å²) < 4.78 is 8.28. The van der Waals surface area contributed by atoms with Gasteiger partial charge in [-0.25, -0.2) is 0 Å². The molecule has 0 aliphatic heterocycles. The zero-order chi connectivity index (χ0) is 11.9. The van der Waals surface area contributed by atoms with E-state index in [0.29, 0.717) is 21.6 Å². The number of hydrogen-bond acceptors (Lipinski definition) is 1. The Labute approximate surface area is 108 Å². The molecule has 2 rings (SSSR count). The summed E-state index contributed by atoms with van der Waals surface area (Å²) in [4.78, 5) is 0. The fourth-order valence-electron chi connectivity index (χ4n) is 1.42. The maximum atomic E-state index is 5.66. The van der Waals surface area contributed by atoms with Crippen molar-refractivity contribution in [3.8, 4) is 5.75 Å². The number of ether oxygens (including phenoxy) is 1. The molecular formula is C15H14OSe. The number of hydrogen-bond donors (Lipinski definition) is 0. The zero-order valence-electron chi connectivity index (χ0n) is 9.50. The van der Waals surface area contributed by atoms with Crippen LogP contribution in [0.15, 0.2) is 67.3 Å². The van der Waals surface area contributed by atoms with E-state index in [2.05, 4.69) is 43.0 Å². The summed E-state index contributed by atoms with van der Waals surface area (Å²) >= 11 is 0.291. The molecule has 17 heavy (non-hydrogen) atoms. The Morgan fingerprint density at radius 3 is 2.47 bits per heavy atom. The van der Waals surface area contributed by atoms with Gasteiger partial charge in [-0.05, 0) is 0 Å². The minimum atomic E-state index is 0.291. The molecule has 86 valence electrons. The SMILES string of the molecule is C=CCOc1ccccc1[Se]c1ccccc1. The first-order chi connectivity index (χ1) is 8.40. The molecule has 0 saturated heterocycles. The van der Waals surface area contributed by atoms with E-state index in [0.717, 1.165) is 5.75 Å². The molecule has 2 aromatic carbocycles. The van der Waals surface area contributed by atoms with E-state index in [1.54, 1.807) is 6.08 Å². The van der Waals surface area contributed by atoms with Crippen LogP contribution in [-0.2, 0) is 0 Å². The Bertz CT molecular complexity index is 479. The Morgan fingerprint density at radius 1 is 1.00 bits per heavy atom. The molecule has 1 nitrogen and oxygen atoms in total. The summed E-state index contributed by atoms with van der Waals surface area (Å²) in [5.74, 6) is 0.969. The normalized spacial score (nSPS) is 9.88. The van der Waals surface area contributed by atoms with Crippen molar-refractivity contribution in [2.24, 2.45) is 0 Å². The van der Waals surface area contributed by atoms with Crippen LogP contribution >= 0.6 is 0 Å². The van der Waals surface area contributed by atoms with E-state index in [-0.39, 0.29) is 0 Å². The average molecular weight is 289 g/mol. The summed E-state index contributed by atoms with van der Waals surface area (Å²) in [7, 11) is 0. The Hall–Kier alpha value is -1.50. The Balaban J connectivity index is 2.17. The van der Waals surface area contributed by atoms with Gasteiger partial charge in [-0.2, -0.15) is 0 Å². The molecule has 0 aliphatic rings. The van der Waals surface area contributed by atoms with Crippen LogP contribution in [0.25, 0.3) is 0 Å². The van der Waals surface area contributed by atoms with Crippen molar-refractivity contribution in [2.75, 3.05) is 6.61 Å². The molecule has 0 N–H and O–H groups in total. The van der Waals surface area contributed by atoms with E-state index in [1.165, 1.54) is 8.92 Å². The molecule has 2 aromatic rings. The topological polar surface area (TPSA) is 9.23 Å². The van der Waals surface area contributed by atoms with Crippen LogP contribution in [0.3, 0.4) is 0 Å². The average Bonchev–Trinajstić information content (AvgIpc) is 2.39. The van der Waals surface area contributed by atoms with Crippen LogP contribution in [0.2, 0.25) is 0 Å². The van der Waals surface area contributed by atoms with Gasteiger partial charge in [-0.1, -0.05) is 0 Å². The number of benzene rings is 2. The Kier molecular flexibility index (Phi) is 4.43. The summed E-state index contributed by atoms with van der Waals surface area (Å²) in [6.07, 6.45) is 1.77. The molecule has 0 fully saturated rings. The van der Waals surface area contributed by atoms with Crippen molar-refractivity contribution < 1.29 is 4.74 Å². The van der Waals surface area contributed by atoms with Crippen molar-refractivity contribution in [1.82, 2.24) is 0 Å². The second-order valence-electron chi connectivity index (χ2n) is 3.46. The standard InChI is InChI=1S/C15H14OSe/c1-2-12-16-14-10-6-7-11-15(14)17-13-8-4-3-5-9-13/h2-11H,1,12H2. The molecule has 0 unspecified atom stereocenters. The second-order valence-corrected chi connectivity index (χ2v) is 5.80. The third kappa shape index (κ3) is 3.48. The van der Waals surface area contributed by atoms with Gasteiger partial charge in [0, 0.05) is 0 Å². The van der Waals surface area contributed by atoms with Crippen molar-refractivity contribution in [3.05, 3.63) is 67.3 Å². The third-order valence-corrected chi connectivity index (χ3v) is 4.41. The molecule has 0 atom stereocenters. The third-order valence-electron chi connectivity index (χ3n) is 2.18. The molecule has 2 heteroatoms. The fraction of sp³-hybridized carbons (Fsp3) is 0.0667. The predicted molar refractivity (Wildman–Crippen MR) is 73.6 cm³/mol. The predicted octanol–water partition coefficient (Wildman–Crippen LogP) is 1.91. The minimum absolute atomic E-state index is 0.291. The quantitative estimate of drug-likeness (QED) is 0.603. The fourth-order valence-corrected chi connectivity index (χ4v) is 3.35. The van der Waals surface area contributed by atoms with Crippen LogP contribution in [0.5, 0.6) is 5.75 Å². The first-order valence-corrected chi connectivity index (χ1v) is 7.17. The molecule has 0 radical (unpaired) electrons. The van der Waals surface area contributed by atoms with Gasteiger partial charge in [0.15, 0.2) is 0 Å². The molecule has 0 aromatic heterocycles. The van der Waals surface area contributed by atoms with Crippen LogP contribution in [0, 0.1) is 0 Å². The molecule has 0 heterocycles. The van der Waals surface area contributed by atoms with Gasteiger partial charge in [0.2, 0.25) is 0 Å². The monoisotopic (exact) mass is 290 g/mol. The molecule has 0 bridgehead atoms. The van der Waals surface area contributed by atoms with Crippen molar-refractivity contribution >= 4 is 23.9 Å². The summed E-state index contributed by atoms with van der Waals surface area (Å²) in [5.41, 5.74) is 0. The van der Waals surface area contributed by atoms with Crippen LogP contribution < -0.4 is 13.7 Å². The molecule has 0 saturated carbocycles. The van der Waals surface area contributed by atoms with Crippen molar-refractivity contribution in [3.63, 3.8) is 0 Å². The number of para-hydroxylation sites is 1. The zero-order valence-corrected chi connectivity index (χ0v) is 11.2.